The second-order valence-corrected chi connectivity index (χ2v) is 5.15. The van der Waals surface area contributed by atoms with E-state index < -0.39 is 0 Å². The van der Waals surface area contributed by atoms with Gasteiger partial charge in [0.15, 0.2) is 0 Å². The number of para-hydroxylation sites is 1. The molecule has 3 rings (SSSR count). The molecule has 0 aliphatic rings. The van der Waals surface area contributed by atoms with Crippen molar-refractivity contribution in [1.29, 1.82) is 0 Å². The minimum absolute atomic E-state index is 0.693. The average molecular weight is 281 g/mol. The fourth-order valence-corrected chi connectivity index (χ4v) is 2.61. The van der Waals surface area contributed by atoms with Crippen molar-refractivity contribution in [3.8, 4) is 0 Å². The normalized spacial score (nSPS) is 10.8. The van der Waals surface area contributed by atoms with Crippen molar-refractivity contribution in [2.24, 2.45) is 0 Å². The summed E-state index contributed by atoms with van der Waals surface area (Å²) in [7, 11) is 0. The van der Waals surface area contributed by atoms with Gasteiger partial charge in [-0.05, 0) is 37.1 Å². The van der Waals surface area contributed by atoms with E-state index in [0.717, 1.165) is 0 Å². The van der Waals surface area contributed by atoms with Crippen molar-refractivity contribution in [2.75, 3.05) is 4.90 Å². The number of aryl methyl sites for hydroxylation is 2. The highest BCUT2D eigenvalue weighted by molar-refractivity contribution is 5.57. The van der Waals surface area contributed by atoms with Crippen LogP contribution in [0.15, 0.2) is 55.1 Å². The van der Waals surface area contributed by atoms with Gasteiger partial charge >= 0.3 is 0 Å². The van der Waals surface area contributed by atoms with Crippen molar-refractivity contribution in [2.45, 2.75) is 27.2 Å². The molecule has 108 valence electrons. The number of benzene rings is 1. The minimum Gasteiger partial charge on any atom is -0.332 e. The molecule has 0 amide bonds. The number of hydrogen-bond donors (Lipinski definition) is 0. The third-order valence-electron chi connectivity index (χ3n) is 3.51. The summed E-state index contributed by atoms with van der Waals surface area (Å²) in [6.07, 6.45) is 7.56. The van der Waals surface area contributed by atoms with Gasteiger partial charge in [-0.25, -0.2) is 0 Å². The second-order valence-electron chi connectivity index (χ2n) is 5.15. The van der Waals surface area contributed by atoms with E-state index in [1.807, 2.05) is 33.9 Å². The molecular formula is C16H19N5. The third kappa shape index (κ3) is 2.97. The average Bonchev–Trinajstić information content (AvgIpc) is 3.12. The third-order valence-corrected chi connectivity index (χ3v) is 3.51. The minimum atomic E-state index is 0.693. The summed E-state index contributed by atoms with van der Waals surface area (Å²) >= 11 is 0. The SMILES string of the molecule is Cc1cccc(C)c1N(Cn1cccn1)Cn1cccn1. The maximum absolute atomic E-state index is 4.32. The van der Waals surface area contributed by atoms with E-state index in [1.54, 1.807) is 12.4 Å². The van der Waals surface area contributed by atoms with Crippen LogP contribution in [0.25, 0.3) is 0 Å². The van der Waals surface area contributed by atoms with Crippen molar-refractivity contribution >= 4 is 5.69 Å². The number of anilines is 1. The monoisotopic (exact) mass is 281 g/mol. The van der Waals surface area contributed by atoms with E-state index >= 15 is 0 Å². The van der Waals surface area contributed by atoms with Crippen molar-refractivity contribution in [3.05, 3.63) is 66.2 Å². The molecule has 2 heterocycles. The van der Waals surface area contributed by atoms with Gasteiger partial charge in [0.25, 0.3) is 0 Å². The van der Waals surface area contributed by atoms with E-state index in [4.69, 9.17) is 0 Å². The van der Waals surface area contributed by atoms with Crippen molar-refractivity contribution in [3.63, 3.8) is 0 Å². The summed E-state index contributed by atoms with van der Waals surface area (Å²) in [4.78, 5) is 2.28. The Kier molecular flexibility index (Phi) is 3.73. The predicted octanol–water partition coefficient (Wildman–Crippen LogP) is 2.82. The summed E-state index contributed by atoms with van der Waals surface area (Å²) in [5, 5.41) is 8.63. The van der Waals surface area contributed by atoms with Crippen LogP contribution in [0, 0.1) is 13.8 Å². The fourth-order valence-electron chi connectivity index (χ4n) is 2.61. The van der Waals surface area contributed by atoms with Gasteiger partial charge in [0, 0.05) is 30.5 Å². The lowest BCUT2D eigenvalue weighted by Gasteiger charge is -2.28. The standard InChI is InChI=1S/C16H19N5/c1-14-6-3-7-15(2)16(14)19(12-20-10-4-8-17-20)13-21-11-5-9-18-21/h3-11H,12-13H2,1-2H3. The summed E-state index contributed by atoms with van der Waals surface area (Å²) in [5.74, 6) is 0. The molecule has 0 unspecified atom stereocenters. The Morgan fingerprint density at radius 2 is 1.38 bits per heavy atom. The van der Waals surface area contributed by atoms with Crippen LogP contribution in [-0.4, -0.2) is 19.6 Å². The lowest BCUT2D eigenvalue weighted by Crippen LogP contribution is -2.30. The first-order valence-corrected chi connectivity index (χ1v) is 7.00. The first-order valence-electron chi connectivity index (χ1n) is 7.00. The largest absolute Gasteiger partial charge is 0.332 e. The highest BCUT2D eigenvalue weighted by Gasteiger charge is 2.13. The van der Waals surface area contributed by atoms with Crippen LogP contribution >= 0.6 is 0 Å². The summed E-state index contributed by atoms with van der Waals surface area (Å²) < 4.78 is 3.85. The zero-order valence-corrected chi connectivity index (χ0v) is 12.3. The smallest absolute Gasteiger partial charge is 0.113 e. The number of nitrogens with zero attached hydrogens (tertiary/aromatic N) is 5. The molecule has 0 atom stereocenters. The van der Waals surface area contributed by atoms with Crippen LogP contribution in [-0.2, 0) is 13.3 Å². The molecule has 5 heteroatoms. The van der Waals surface area contributed by atoms with Gasteiger partial charge in [0.05, 0.1) is 0 Å². The molecule has 5 nitrogen and oxygen atoms in total. The first-order chi connectivity index (χ1) is 10.2. The second kappa shape index (κ2) is 5.83. The van der Waals surface area contributed by atoms with Crippen molar-refractivity contribution < 1.29 is 0 Å². The molecule has 0 saturated heterocycles. The zero-order chi connectivity index (χ0) is 14.7. The summed E-state index contributed by atoms with van der Waals surface area (Å²) in [6, 6.07) is 10.3. The predicted molar refractivity (Wildman–Crippen MR) is 82.8 cm³/mol. The maximum atomic E-state index is 4.32. The number of aromatic nitrogens is 4. The molecule has 0 aliphatic carbocycles. The van der Waals surface area contributed by atoms with Crippen LogP contribution in [0.1, 0.15) is 11.1 Å². The van der Waals surface area contributed by atoms with E-state index in [1.165, 1.54) is 16.8 Å². The Balaban J connectivity index is 1.94. The Labute approximate surface area is 124 Å². The van der Waals surface area contributed by atoms with Crippen molar-refractivity contribution in [1.82, 2.24) is 19.6 Å². The van der Waals surface area contributed by atoms with Gasteiger partial charge < -0.3 is 4.90 Å². The lowest BCUT2D eigenvalue weighted by atomic mass is 10.1. The van der Waals surface area contributed by atoms with Gasteiger partial charge in [-0.3, -0.25) is 9.36 Å². The maximum Gasteiger partial charge on any atom is 0.113 e. The Morgan fingerprint density at radius 3 is 1.81 bits per heavy atom. The van der Waals surface area contributed by atoms with Crippen LogP contribution in [0.2, 0.25) is 0 Å². The van der Waals surface area contributed by atoms with E-state index in [0.29, 0.717) is 13.3 Å². The molecule has 0 aliphatic heterocycles. The van der Waals surface area contributed by atoms with E-state index in [-0.39, 0.29) is 0 Å². The molecule has 0 saturated carbocycles. The number of rotatable bonds is 5. The number of hydrogen-bond acceptors (Lipinski definition) is 3. The highest BCUT2D eigenvalue weighted by atomic mass is 15.4. The Hall–Kier alpha value is -2.56. The van der Waals surface area contributed by atoms with Gasteiger partial charge in [-0.15, -0.1) is 0 Å². The Bertz CT molecular complexity index is 629. The lowest BCUT2D eigenvalue weighted by molar-refractivity contribution is 0.497. The summed E-state index contributed by atoms with van der Waals surface area (Å²) in [6.45, 7) is 5.67. The fraction of sp³-hybridized carbons (Fsp3) is 0.250. The topological polar surface area (TPSA) is 38.9 Å². The van der Waals surface area contributed by atoms with Crippen LogP contribution in [0.4, 0.5) is 5.69 Å². The molecule has 1 aromatic carbocycles. The summed E-state index contributed by atoms with van der Waals surface area (Å²) in [5.41, 5.74) is 3.76. The van der Waals surface area contributed by atoms with Gasteiger partial charge in [-0.1, -0.05) is 18.2 Å². The molecule has 0 spiro atoms. The molecule has 3 aromatic rings. The Morgan fingerprint density at radius 1 is 0.857 bits per heavy atom. The van der Waals surface area contributed by atoms with Crippen LogP contribution in [0.3, 0.4) is 0 Å². The van der Waals surface area contributed by atoms with Gasteiger partial charge in [0.2, 0.25) is 0 Å². The highest BCUT2D eigenvalue weighted by Crippen LogP contribution is 2.25. The van der Waals surface area contributed by atoms with Crippen LogP contribution in [0.5, 0.6) is 0 Å². The molecule has 21 heavy (non-hydrogen) atoms. The van der Waals surface area contributed by atoms with E-state index in [2.05, 4.69) is 47.1 Å². The van der Waals surface area contributed by atoms with Crippen LogP contribution < -0.4 is 4.90 Å². The molecular weight excluding hydrogens is 262 g/mol. The molecule has 2 aromatic heterocycles. The molecule has 0 N–H and O–H groups in total. The molecule has 0 fully saturated rings. The first kappa shape index (κ1) is 13.4. The quantitative estimate of drug-likeness (QED) is 0.722. The van der Waals surface area contributed by atoms with E-state index in [9.17, 15) is 0 Å². The van der Waals surface area contributed by atoms with Gasteiger partial charge in [0.1, 0.15) is 13.3 Å². The van der Waals surface area contributed by atoms with Gasteiger partial charge in [-0.2, -0.15) is 10.2 Å². The zero-order valence-electron chi connectivity index (χ0n) is 12.3. The molecule has 0 bridgehead atoms. The molecule has 0 radical (unpaired) electrons.